The van der Waals surface area contributed by atoms with Crippen LogP contribution < -0.4 is 10.5 Å². The van der Waals surface area contributed by atoms with E-state index < -0.39 is 23.8 Å². The molecule has 21 heavy (non-hydrogen) atoms. The van der Waals surface area contributed by atoms with E-state index in [0.29, 0.717) is 11.5 Å². The standard InChI is InChI=1S/C15H12BrF2NOS/c16-8-5-6-9(17)13(14(8)18)15(19)11-7-21-12-4-2-1-3-10(12)20-11/h1-6,11,15H,7,19H2. The molecule has 0 bridgehead atoms. The molecule has 110 valence electrons. The Morgan fingerprint density at radius 1 is 1.24 bits per heavy atom. The smallest absolute Gasteiger partial charge is 0.145 e. The van der Waals surface area contributed by atoms with Crippen molar-refractivity contribution in [3.63, 3.8) is 0 Å². The number of fused-ring (bicyclic) bond motifs is 1. The molecule has 0 spiro atoms. The van der Waals surface area contributed by atoms with Gasteiger partial charge >= 0.3 is 0 Å². The van der Waals surface area contributed by atoms with Gasteiger partial charge in [-0.1, -0.05) is 12.1 Å². The van der Waals surface area contributed by atoms with Gasteiger partial charge in [-0.2, -0.15) is 0 Å². The maximum absolute atomic E-state index is 14.1. The van der Waals surface area contributed by atoms with Crippen LogP contribution in [0.5, 0.6) is 5.75 Å². The molecule has 2 N–H and O–H groups in total. The number of hydrogen-bond acceptors (Lipinski definition) is 3. The van der Waals surface area contributed by atoms with Crippen molar-refractivity contribution in [2.24, 2.45) is 5.73 Å². The first kappa shape index (κ1) is 14.8. The largest absolute Gasteiger partial charge is 0.486 e. The Morgan fingerprint density at radius 2 is 2.00 bits per heavy atom. The lowest BCUT2D eigenvalue weighted by Crippen LogP contribution is -2.36. The van der Waals surface area contributed by atoms with Crippen LogP contribution in [-0.2, 0) is 0 Å². The first-order valence-electron chi connectivity index (χ1n) is 6.35. The topological polar surface area (TPSA) is 35.2 Å². The number of thioether (sulfide) groups is 1. The van der Waals surface area contributed by atoms with Gasteiger partial charge in [-0.25, -0.2) is 8.78 Å². The maximum Gasteiger partial charge on any atom is 0.145 e. The van der Waals surface area contributed by atoms with Crippen LogP contribution in [0.3, 0.4) is 0 Å². The summed E-state index contributed by atoms with van der Waals surface area (Å²) in [4.78, 5) is 1.01. The van der Waals surface area contributed by atoms with Crippen molar-refractivity contribution in [2.75, 3.05) is 5.75 Å². The highest BCUT2D eigenvalue weighted by Crippen LogP contribution is 2.38. The molecule has 6 heteroatoms. The molecule has 0 amide bonds. The Hall–Kier alpha value is -1.11. The zero-order valence-electron chi connectivity index (χ0n) is 10.9. The second kappa shape index (κ2) is 5.94. The number of halogens is 3. The van der Waals surface area contributed by atoms with Gasteiger partial charge in [-0.15, -0.1) is 11.8 Å². The van der Waals surface area contributed by atoms with Crippen LogP contribution in [0.1, 0.15) is 11.6 Å². The minimum Gasteiger partial charge on any atom is -0.486 e. The second-order valence-electron chi connectivity index (χ2n) is 4.70. The molecule has 0 fully saturated rings. The Labute approximate surface area is 133 Å². The quantitative estimate of drug-likeness (QED) is 0.800. The molecular formula is C15H12BrF2NOS. The summed E-state index contributed by atoms with van der Waals surface area (Å²) in [5, 5.41) is 0. The van der Waals surface area contributed by atoms with Gasteiger partial charge in [-0.05, 0) is 40.2 Å². The van der Waals surface area contributed by atoms with Gasteiger partial charge in [0.05, 0.1) is 10.5 Å². The summed E-state index contributed by atoms with van der Waals surface area (Å²) in [6.45, 7) is 0. The van der Waals surface area contributed by atoms with Crippen LogP contribution in [0, 0.1) is 11.6 Å². The summed E-state index contributed by atoms with van der Waals surface area (Å²) < 4.78 is 34.1. The SMILES string of the molecule is NC(c1c(F)ccc(Br)c1F)C1CSc2ccccc2O1. The third-order valence-electron chi connectivity index (χ3n) is 3.34. The molecule has 2 aromatic rings. The summed E-state index contributed by atoms with van der Waals surface area (Å²) >= 11 is 4.63. The van der Waals surface area contributed by atoms with E-state index >= 15 is 0 Å². The zero-order chi connectivity index (χ0) is 15.0. The Kier molecular flexibility index (Phi) is 4.19. The average Bonchev–Trinajstić information content (AvgIpc) is 2.51. The van der Waals surface area contributed by atoms with Crippen molar-refractivity contribution in [1.29, 1.82) is 0 Å². The summed E-state index contributed by atoms with van der Waals surface area (Å²) in [5.41, 5.74) is 5.91. The predicted octanol–water partition coefficient (Wildman–Crippen LogP) is 4.28. The van der Waals surface area contributed by atoms with E-state index in [1.165, 1.54) is 12.1 Å². The van der Waals surface area contributed by atoms with E-state index in [-0.39, 0.29) is 10.0 Å². The van der Waals surface area contributed by atoms with Gasteiger partial charge in [0.15, 0.2) is 0 Å². The molecule has 3 rings (SSSR count). The molecule has 2 unspecified atom stereocenters. The highest BCUT2D eigenvalue weighted by atomic mass is 79.9. The lowest BCUT2D eigenvalue weighted by Gasteiger charge is -2.30. The molecular weight excluding hydrogens is 360 g/mol. The van der Waals surface area contributed by atoms with Crippen LogP contribution >= 0.6 is 27.7 Å². The van der Waals surface area contributed by atoms with E-state index in [2.05, 4.69) is 15.9 Å². The predicted molar refractivity (Wildman–Crippen MR) is 82.6 cm³/mol. The highest BCUT2D eigenvalue weighted by Gasteiger charge is 2.31. The first-order chi connectivity index (χ1) is 10.1. The van der Waals surface area contributed by atoms with Crippen LogP contribution in [0.15, 0.2) is 45.8 Å². The molecule has 2 aromatic carbocycles. The van der Waals surface area contributed by atoms with Gasteiger partial charge < -0.3 is 10.5 Å². The number of ether oxygens (including phenoxy) is 1. The summed E-state index contributed by atoms with van der Waals surface area (Å²) in [7, 11) is 0. The first-order valence-corrected chi connectivity index (χ1v) is 8.13. The lowest BCUT2D eigenvalue weighted by atomic mass is 10.0. The minimum absolute atomic E-state index is 0.144. The van der Waals surface area contributed by atoms with Crippen LogP contribution in [0.2, 0.25) is 0 Å². The molecule has 2 nitrogen and oxygen atoms in total. The average molecular weight is 372 g/mol. The fourth-order valence-corrected chi connectivity index (χ4v) is 3.65. The zero-order valence-corrected chi connectivity index (χ0v) is 13.3. The van der Waals surface area contributed by atoms with E-state index in [9.17, 15) is 8.78 Å². The third kappa shape index (κ3) is 2.80. The van der Waals surface area contributed by atoms with Crippen molar-refractivity contribution in [3.8, 4) is 5.75 Å². The number of para-hydroxylation sites is 1. The molecule has 2 atom stereocenters. The van der Waals surface area contributed by atoms with Crippen molar-refractivity contribution in [1.82, 2.24) is 0 Å². The molecule has 0 saturated heterocycles. The van der Waals surface area contributed by atoms with Gasteiger partial charge in [0.1, 0.15) is 23.5 Å². The van der Waals surface area contributed by atoms with Gasteiger partial charge in [0.2, 0.25) is 0 Å². The highest BCUT2D eigenvalue weighted by molar-refractivity contribution is 9.10. The molecule has 1 heterocycles. The van der Waals surface area contributed by atoms with Gasteiger partial charge in [-0.3, -0.25) is 0 Å². The van der Waals surface area contributed by atoms with Crippen molar-refractivity contribution >= 4 is 27.7 Å². The summed E-state index contributed by atoms with van der Waals surface area (Å²) in [5.74, 6) is -0.0838. The van der Waals surface area contributed by atoms with Crippen LogP contribution in [-0.4, -0.2) is 11.9 Å². The molecule has 1 aliphatic rings. The van der Waals surface area contributed by atoms with Crippen molar-refractivity contribution in [2.45, 2.75) is 17.0 Å². The third-order valence-corrected chi connectivity index (χ3v) is 5.10. The van der Waals surface area contributed by atoms with Crippen molar-refractivity contribution in [3.05, 3.63) is 58.1 Å². The van der Waals surface area contributed by atoms with E-state index in [1.807, 2.05) is 24.3 Å². The van der Waals surface area contributed by atoms with E-state index in [0.717, 1.165) is 4.90 Å². The summed E-state index contributed by atoms with van der Waals surface area (Å²) in [6, 6.07) is 9.20. The number of rotatable bonds is 2. The Balaban J connectivity index is 1.91. The van der Waals surface area contributed by atoms with Gasteiger partial charge in [0, 0.05) is 16.2 Å². The number of hydrogen-bond donors (Lipinski definition) is 1. The molecule has 0 saturated carbocycles. The second-order valence-corrected chi connectivity index (χ2v) is 6.61. The lowest BCUT2D eigenvalue weighted by molar-refractivity contribution is 0.181. The number of nitrogens with two attached hydrogens (primary N) is 1. The molecule has 0 aliphatic carbocycles. The molecule has 0 radical (unpaired) electrons. The maximum atomic E-state index is 14.1. The number of benzene rings is 2. The van der Waals surface area contributed by atoms with Gasteiger partial charge in [0.25, 0.3) is 0 Å². The van der Waals surface area contributed by atoms with E-state index in [4.69, 9.17) is 10.5 Å². The minimum atomic E-state index is -0.872. The Morgan fingerprint density at radius 3 is 2.81 bits per heavy atom. The van der Waals surface area contributed by atoms with E-state index in [1.54, 1.807) is 11.8 Å². The molecule has 0 aromatic heterocycles. The molecule has 1 aliphatic heterocycles. The normalized spacial score (nSPS) is 18.8. The van der Waals surface area contributed by atoms with Crippen molar-refractivity contribution < 1.29 is 13.5 Å². The van der Waals surface area contributed by atoms with Crippen LogP contribution in [0.4, 0.5) is 8.78 Å². The van der Waals surface area contributed by atoms with Crippen LogP contribution in [0.25, 0.3) is 0 Å². The fraction of sp³-hybridized carbons (Fsp3) is 0.200. The summed E-state index contributed by atoms with van der Waals surface area (Å²) in [6.07, 6.45) is -0.483. The monoisotopic (exact) mass is 371 g/mol. The Bertz CT molecular complexity index is 683. The fourth-order valence-electron chi connectivity index (χ4n) is 2.25.